The minimum absolute atomic E-state index is 0.101. The molecule has 0 aliphatic carbocycles. The first-order valence-electron chi connectivity index (χ1n) is 9.75. The van der Waals surface area contributed by atoms with Crippen LogP contribution in [-0.4, -0.2) is 26.7 Å². The van der Waals surface area contributed by atoms with Crippen molar-refractivity contribution in [1.29, 1.82) is 0 Å². The molecule has 1 N–H and O–H groups in total. The summed E-state index contributed by atoms with van der Waals surface area (Å²) in [7, 11) is 3.12. The van der Waals surface area contributed by atoms with E-state index in [1.54, 1.807) is 32.4 Å². The average molecular weight is 405 g/mol. The fraction of sp³-hybridized carbons (Fsp3) is 0.240. The molecule has 0 bridgehead atoms. The molecule has 5 nitrogen and oxygen atoms in total. The van der Waals surface area contributed by atoms with Crippen molar-refractivity contribution < 1.29 is 19.0 Å². The fourth-order valence-corrected chi connectivity index (χ4v) is 3.23. The van der Waals surface area contributed by atoms with Crippen molar-refractivity contribution in [3.8, 4) is 17.2 Å². The first kappa shape index (κ1) is 21.2. The van der Waals surface area contributed by atoms with E-state index in [0.29, 0.717) is 22.9 Å². The second kappa shape index (κ2) is 9.35. The highest BCUT2D eigenvalue weighted by molar-refractivity contribution is 5.93. The molecule has 0 aromatic heterocycles. The molecule has 0 spiro atoms. The Morgan fingerprint density at radius 2 is 1.47 bits per heavy atom. The van der Waals surface area contributed by atoms with Gasteiger partial charge in [0.15, 0.2) is 6.61 Å². The van der Waals surface area contributed by atoms with E-state index in [9.17, 15) is 4.79 Å². The lowest BCUT2D eigenvalue weighted by atomic mass is 9.78. The normalized spacial score (nSPS) is 10.9. The summed E-state index contributed by atoms with van der Waals surface area (Å²) in [5.41, 5.74) is 2.86. The van der Waals surface area contributed by atoms with Gasteiger partial charge in [0, 0.05) is 11.5 Å². The van der Waals surface area contributed by atoms with Crippen molar-refractivity contribution >= 4 is 11.6 Å². The van der Waals surface area contributed by atoms with Crippen LogP contribution in [0.5, 0.6) is 17.2 Å². The van der Waals surface area contributed by atoms with Gasteiger partial charge in [-0.15, -0.1) is 0 Å². The van der Waals surface area contributed by atoms with Crippen LogP contribution in [0.4, 0.5) is 5.69 Å². The van der Waals surface area contributed by atoms with Gasteiger partial charge in [0.25, 0.3) is 5.91 Å². The van der Waals surface area contributed by atoms with Gasteiger partial charge >= 0.3 is 0 Å². The van der Waals surface area contributed by atoms with Crippen molar-refractivity contribution in [2.24, 2.45) is 0 Å². The molecule has 3 rings (SSSR count). The Labute approximate surface area is 177 Å². The summed E-state index contributed by atoms with van der Waals surface area (Å²) in [4.78, 5) is 12.3. The fourth-order valence-electron chi connectivity index (χ4n) is 3.23. The van der Waals surface area contributed by atoms with Gasteiger partial charge in [0.1, 0.15) is 17.2 Å². The van der Waals surface area contributed by atoms with Gasteiger partial charge in [-0.2, -0.15) is 0 Å². The minimum Gasteiger partial charge on any atom is -0.497 e. The third-order valence-corrected chi connectivity index (χ3v) is 5.12. The smallest absolute Gasteiger partial charge is 0.262 e. The molecule has 1 amide bonds. The van der Waals surface area contributed by atoms with Crippen LogP contribution in [0.15, 0.2) is 72.8 Å². The summed E-state index contributed by atoms with van der Waals surface area (Å²) >= 11 is 0. The molecule has 0 aliphatic heterocycles. The molecule has 5 heteroatoms. The Hall–Kier alpha value is -3.47. The Kier molecular flexibility index (Phi) is 6.62. The monoisotopic (exact) mass is 405 g/mol. The third-order valence-electron chi connectivity index (χ3n) is 5.12. The van der Waals surface area contributed by atoms with Crippen LogP contribution >= 0.6 is 0 Å². The lowest BCUT2D eigenvalue weighted by Crippen LogP contribution is -2.21. The van der Waals surface area contributed by atoms with Crippen molar-refractivity contribution in [1.82, 2.24) is 0 Å². The van der Waals surface area contributed by atoms with E-state index in [4.69, 9.17) is 14.2 Å². The summed E-state index contributed by atoms with van der Waals surface area (Å²) in [6.45, 7) is 4.28. The SMILES string of the molecule is COc1ccc(NC(=O)COc2ccc(C(C)(C)c3ccccc3)cc2)c(OC)c1. The second-order valence-corrected chi connectivity index (χ2v) is 7.42. The number of ether oxygens (including phenoxy) is 3. The van der Waals surface area contributed by atoms with Gasteiger partial charge in [-0.3, -0.25) is 4.79 Å². The van der Waals surface area contributed by atoms with E-state index in [2.05, 4.69) is 31.3 Å². The number of benzene rings is 3. The molecular weight excluding hydrogens is 378 g/mol. The minimum atomic E-state index is -0.271. The summed E-state index contributed by atoms with van der Waals surface area (Å²) < 4.78 is 16.1. The Morgan fingerprint density at radius 1 is 0.833 bits per heavy atom. The number of amides is 1. The topological polar surface area (TPSA) is 56.8 Å². The summed E-state index contributed by atoms with van der Waals surface area (Å²) in [6.07, 6.45) is 0. The summed E-state index contributed by atoms with van der Waals surface area (Å²) in [6, 6.07) is 23.4. The van der Waals surface area contributed by atoms with Crippen LogP contribution in [0.1, 0.15) is 25.0 Å². The summed E-state index contributed by atoms with van der Waals surface area (Å²) in [5.74, 6) is 1.54. The highest BCUT2D eigenvalue weighted by atomic mass is 16.5. The van der Waals surface area contributed by atoms with Gasteiger partial charge in [-0.1, -0.05) is 56.3 Å². The molecule has 156 valence electrons. The number of methoxy groups -OCH3 is 2. The number of carbonyl (C=O) groups excluding carboxylic acids is 1. The van der Waals surface area contributed by atoms with Gasteiger partial charge in [0.2, 0.25) is 0 Å². The molecule has 0 aliphatic rings. The van der Waals surface area contributed by atoms with Crippen LogP contribution in [0, 0.1) is 0 Å². The highest BCUT2D eigenvalue weighted by Crippen LogP contribution is 2.32. The molecule has 30 heavy (non-hydrogen) atoms. The lowest BCUT2D eigenvalue weighted by Gasteiger charge is -2.26. The third kappa shape index (κ3) is 4.92. The van der Waals surface area contributed by atoms with E-state index < -0.39 is 0 Å². The van der Waals surface area contributed by atoms with E-state index in [-0.39, 0.29) is 17.9 Å². The zero-order valence-electron chi connectivity index (χ0n) is 17.8. The van der Waals surface area contributed by atoms with Crippen molar-refractivity contribution in [3.05, 3.63) is 83.9 Å². The Morgan fingerprint density at radius 3 is 2.10 bits per heavy atom. The van der Waals surface area contributed by atoms with Gasteiger partial charge in [-0.05, 0) is 35.4 Å². The predicted molar refractivity (Wildman–Crippen MR) is 119 cm³/mol. The largest absolute Gasteiger partial charge is 0.497 e. The molecule has 0 unspecified atom stereocenters. The van der Waals surface area contributed by atoms with Gasteiger partial charge in [0.05, 0.1) is 19.9 Å². The van der Waals surface area contributed by atoms with Crippen molar-refractivity contribution in [2.75, 3.05) is 26.1 Å². The first-order chi connectivity index (χ1) is 14.4. The predicted octanol–water partition coefficient (Wildman–Crippen LogP) is 5.05. The molecule has 3 aromatic rings. The molecule has 3 aromatic carbocycles. The zero-order chi connectivity index (χ0) is 21.6. The number of nitrogens with one attached hydrogen (secondary N) is 1. The highest BCUT2D eigenvalue weighted by Gasteiger charge is 2.22. The lowest BCUT2D eigenvalue weighted by molar-refractivity contribution is -0.118. The van der Waals surface area contributed by atoms with E-state index in [1.165, 1.54) is 11.1 Å². The van der Waals surface area contributed by atoms with Crippen LogP contribution in [0.2, 0.25) is 0 Å². The van der Waals surface area contributed by atoms with Crippen LogP contribution < -0.4 is 19.5 Å². The average Bonchev–Trinajstić information content (AvgIpc) is 2.78. The maximum atomic E-state index is 12.3. The second-order valence-electron chi connectivity index (χ2n) is 7.42. The van der Waals surface area contributed by atoms with E-state index in [1.807, 2.05) is 42.5 Å². The molecule has 0 heterocycles. The van der Waals surface area contributed by atoms with Crippen molar-refractivity contribution in [3.63, 3.8) is 0 Å². The molecular formula is C25H27NO4. The molecule has 0 atom stereocenters. The molecule has 0 radical (unpaired) electrons. The number of hydrogen-bond acceptors (Lipinski definition) is 4. The Bertz CT molecular complexity index is 982. The van der Waals surface area contributed by atoms with Crippen LogP contribution in [-0.2, 0) is 10.2 Å². The maximum Gasteiger partial charge on any atom is 0.262 e. The molecule has 0 saturated carbocycles. The van der Waals surface area contributed by atoms with Crippen LogP contribution in [0.25, 0.3) is 0 Å². The van der Waals surface area contributed by atoms with Crippen molar-refractivity contribution in [2.45, 2.75) is 19.3 Å². The number of anilines is 1. The standard InChI is InChI=1S/C25H27NO4/c1-25(2,18-8-6-5-7-9-18)19-10-12-20(13-11-19)30-17-24(27)26-22-15-14-21(28-3)16-23(22)29-4/h5-16H,17H2,1-4H3,(H,26,27). The zero-order valence-corrected chi connectivity index (χ0v) is 17.8. The summed E-state index contributed by atoms with van der Waals surface area (Å²) in [5, 5.41) is 2.80. The maximum absolute atomic E-state index is 12.3. The number of carbonyl (C=O) groups is 1. The molecule has 0 saturated heterocycles. The molecule has 0 fully saturated rings. The van der Waals surface area contributed by atoms with Gasteiger partial charge in [-0.25, -0.2) is 0 Å². The van der Waals surface area contributed by atoms with Crippen LogP contribution in [0.3, 0.4) is 0 Å². The van der Waals surface area contributed by atoms with E-state index in [0.717, 1.165) is 0 Å². The number of hydrogen-bond donors (Lipinski definition) is 1. The quantitative estimate of drug-likeness (QED) is 0.570. The van der Waals surface area contributed by atoms with E-state index >= 15 is 0 Å². The number of rotatable bonds is 8. The van der Waals surface area contributed by atoms with Gasteiger partial charge < -0.3 is 19.5 Å². The Balaban J connectivity index is 1.61. The first-order valence-corrected chi connectivity index (χ1v) is 9.75.